The van der Waals surface area contributed by atoms with Crippen LogP contribution in [-0.2, 0) is 53.0 Å². The van der Waals surface area contributed by atoms with Crippen molar-refractivity contribution in [1.29, 1.82) is 0 Å². The second-order valence-corrected chi connectivity index (χ2v) is 16.4. The highest BCUT2D eigenvalue weighted by Crippen LogP contribution is 2.40. The predicted octanol–water partition coefficient (Wildman–Crippen LogP) is 11.4. The molecule has 0 N–H and O–H groups in total. The molecule has 0 aliphatic rings. The van der Waals surface area contributed by atoms with Gasteiger partial charge >= 0.3 is 0 Å². The maximum atomic E-state index is 6.75. The Morgan fingerprint density at radius 3 is 0.723 bits per heavy atom. The Bertz CT molecular complexity index is 1300. The molecule has 65 heavy (non-hydrogen) atoms. The SMILES string of the molecule is CCCCCCCCCCCCCCCCCCOCCOCCOCCOCCOCCOCCOCCOCCOCCOC(c1ccccc1)(c1ccccc1)c1ccccc1. The van der Waals surface area contributed by atoms with Crippen LogP contribution < -0.4 is 0 Å². The number of rotatable bonds is 48. The molecule has 3 aromatic carbocycles. The minimum atomic E-state index is -0.749. The summed E-state index contributed by atoms with van der Waals surface area (Å²) in [6.07, 6.45) is 22.2. The van der Waals surface area contributed by atoms with Gasteiger partial charge in [-0.2, -0.15) is 0 Å². The lowest BCUT2D eigenvalue weighted by Gasteiger charge is -2.36. The van der Waals surface area contributed by atoms with E-state index in [0.717, 1.165) is 29.7 Å². The maximum absolute atomic E-state index is 6.75. The van der Waals surface area contributed by atoms with E-state index in [1.165, 1.54) is 96.3 Å². The van der Waals surface area contributed by atoms with Gasteiger partial charge in [-0.3, -0.25) is 0 Å². The van der Waals surface area contributed by atoms with E-state index in [2.05, 4.69) is 79.7 Å². The summed E-state index contributed by atoms with van der Waals surface area (Å²) in [5, 5.41) is 0. The number of hydrogen-bond acceptors (Lipinski definition) is 10. The molecular formula is C55H88O10. The van der Waals surface area contributed by atoms with Crippen LogP contribution >= 0.6 is 0 Å². The summed E-state index contributed by atoms with van der Waals surface area (Å²) < 4.78 is 57.5. The second-order valence-electron chi connectivity index (χ2n) is 16.4. The summed E-state index contributed by atoms with van der Waals surface area (Å²) in [6, 6.07) is 31.1. The number of benzene rings is 3. The Hall–Kier alpha value is -2.74. The molecule has 0 bridgehead atoms. The second kappa shape index (κ2) is 42.6. The van der Waals surface area contributed by atoms with Crippen LogP contribution in [0.25, 0.3) is 0 Å². The van der Waals surface area contributed by atoms with Gasteiger partial charge in [-0.15, -0.1) is 0 Å². The lowest BCUT2D eigenvalue weighted by molar-refractivity contribution is -0.0399. The fraction of sp³-hybridized carbons (Fsp3) is 0.673. The maximum Gasteiger partial charge on any atom is 0.143 e. The minimum absolute atomic E-state index is 0.420. The van der Waals surface area contributed by atoms with Crippen LogP contribution in [0.15, 0.2) is 91.0 Å². The molecule has 0 aromatic heterocycles. The first-order valence-corrected chi connectivity index (χ1v) is 25.4. The highest BCUT2D eigenvalue weighted by Gasteiger charge is 2.37. The molecule has 0 amide bonds. The summed E-state index contributed by atoms with van der Waals surface area (Å²) in [4.78, 5) is 0. The molecule has 0 radical (unpaired) electrons. The Morgan fingerprint density at radius 2 is 0.462 bits per heavy atom. The smallest absolute Gasteiger partial charge is 0.143 e. The fourth-order valence-electron chi connectivity index (χ4n) is 7.64. The van der Waals surface area contributed by atoms with Crippen molar-refractivity contribution in [2.75, 3.05) is 126 Å². The van der Waals surface area contributed by atoms with Crippen molar-refractivity contribution in [2.45, 2.75) is 115 Å². The van der Waals surface area contributed by atoms with Crippen LogP contribution in [0.1, 0.15) is 126 Å². The van der Waals surface area contributed by atoms with Gasteiger partial charge in [0.05, 0.1) is 119 Å². The summed E-state index contributed by atoms with van der Waals surface area (Å²) >= 11 is 0. The Labute approximate surface area is 394 Å². The topological polar surface area (TPSA) is 92.3 Å². The first kappa shape index (κ1) is 56.6. The third-order valence-corrected chi connectivity index (χ3v) is 11.2. The molecule has 0 aliphatic heterocycles. The van der Waals surface area contributed by atoms with Crippen LogP contribution in [0.5, 0.6) is 0 Å². The molecule has 0 atom stereocenters. The lowest BCUT2D eigenvalue weighted by atomic mass is 9.80. The van der Waals surface area contributed by atoms with E-state index in [0.29, 0.717) is 119 Å². The summed E-state index contributed by atoms with van der Waals surface area (Å²) in [7, 11) is 0. The summed E-state index contributed by atoms with van der Waals surface area (Å²) in [6.45, 7) is 12.5. The Balaban J connectivity index is 0.976. The van der Waals surface area contributed by atoms with E-state index >= 15 is 0 Å². The van der Waals surface area contributed by atoms with Gasteiger partial charge in [0.25, 0.3) is 0 Å². The first-order valence-electron chi connectivity index (χ1n) is 25.4. The average Bonchev–Trinajstić information content (AvgIpc) is 3.35. The Kier molecular flexibility index (Phi) is 37.1. The third-order valence-electron chi connectivity index (χ3n) is 11.2. The van der Waals surface area contributed by atoms with E-state index in [1.54, 1.807) is 0 Å². The highest BCUT2D eigenvalue weighted by molar-refractivity contribution is 5.47. The van der Waals surface area contributed by atoms with Gasteiger partial charge in [0, 0.05) is 6.61 Å². The number of unbranched alkanes of at least 4 members (excludes halogenated alkanes) is 15. The number of ether oxygens (including phenoxy) is 10. The molecule has 0 fully saturated rings. The lowest BCUT2D eigenvalue weighted by Crippen LogP contribution is -2.34. The molecule has 0 aliphatic carbocycles. The molecular weight excluding hydrogens is 821 g/mol. The zero-order valence-electron chi connectivity index (χ0n) is 40.5. The highest BCUT2D eigenvalue weighted by atomic mass is 16.6. The van der Waals surface area contributed by atoms with Crippen molar-refractivity contribution in [1.82, 2.24) is 0 Å². The van der Waals surface area contributed by atoms with E-state index in [-0.39, 0.29) is 0 Å². The van der Waals surface area contributed by atoms with Gasteiger partial charge in [-0.05, 0) is 23.1 Å². The average molecular weight is 909 g/mol. The predicted molar refractivity (Wildman–Crippen MR) is 262 cm³/mol. The summed E-state index contributed by atoms with van der Waals surface area (Å²) in [5.41, 5.74) is 2.47. The standard InChI is InChI=1S/C55H88O10/c1-2-3-4-5-6-7-8-9-10-11-12-13-14-15-16-26-33-56-34-35-57-36-37-58-38-39-59-40-41-60-42-43-61-44-45-62-46-47-63-48-49-64-50-51-65-55(52-27-20-17-21-28-52,53-29-22-18-23-30-53)54-31-24-19-25-32-54/h17-25,27-32H,2-16,26,33-51H2,1H3. The quantitative estimate of drug-likeness (QED) is 0.0403. The fourth-order valence-corrected chi connectivity index (χ4v) is 7.64. The van der Waals surface area contributed by atoms with Crippen molar-refractivity contribution in [2.24, 2.45) is 0 Å². The zero-order chi connectivity index (χ0) is 45.7. The van der Waals surface area contributed by atoms with Crippen molar-refractivity contribution < 1.29 is 47.4 Å². The molecule has 0 saturated carbocycles. The molecule has 3 rings (SSSR count). The van der Waals surface area contributed by atoms with Crippen LogP contribution in [0.2, 0.25) is 0 Å². The molecule has 3 aromatic rings. The third kappa shape index (κ3) is 28.9. The van der Waals surface area contributed by atoms with Crippen LogP contribution in [0, 0.1) is 0 Å². The van der Waals surface area contributed by atoms with Crippen molar-refractivity contribution in [3.8, 4) is 0 Å². The monoisotopic (exact) mass is 909 g/mol. The molecule has 0 unspecified atom stereocenters. The van der Waals surface area contributed by atoms with E-state index in [4.69, 9.17) is 47.4 Å². The van der Waals surface area contributed by atoms with Crippen molar-refractivity contribution in [3.63, 3.8) is 0 Å². The molecule has 368 valence electrons. The van der Waals surface area contributed by atoms with Gasteiger partial charge in [0.2, 0.25) is 0 Å². The minimum Gasteiger partial charge on any atom is -0.379 e. The van der Waals surface area contributed by atoms with E-state index < -0.39 is 5.60 Å². The van der Waals surface area contributed by atoms with Gasteiger partial charge < -0.3 is 47.4 Å². The molecule has 0 spiro atoms. The molecule has 0 saturated heterocycles. The molecule has 10 nitrogen and oxygen atoms in total. The van der Waals surface area contributed by atoms with Crippen LogP contribution in [0.4, 0.5) is 0 Å². The van der Waals surface area contributed by atoms with Crippen molar-refractivity contribution >= 4 is 0 Å². The molecule has 0 heterocycles. The van der Waals surface area contributed by atoms with Gasteiger partial charge in [0.1, 0.15) is 5.60 Å². The summed E-state index contributed by atoms with van der Waals surface area (Å²) in [5.74, 6) is 0. The van der Waals surface area contributed by atoms with Crippen molar-refractivity contribution in [3.05, 3.63) is 108 Å². The Morgan fingerprint density at radius 1 is 0.246 bits per heavy atom. The largest absolute Gasteiger partial charge is 0.379 e. The molecule has 10 heteroatoms. The number of hydrogen-bond donors (Lipinski definition) is 0. The first-order chi connectivity index (χ1) is 32.4. The van der Waals surface area contributed by atoms with E-state index in [1.807, 2.05) is 18.2 Å². The normalized spacial score (nSPS) is 11.8. The van der Waals surface area contributed by atoms with Crippen LogP contribution in [-0.4, -0.2) is 126 Å². The van der Waals surface area contributed by atoms with Gasteiger partial charge in [-0.1, -0.05) is 194 Å². The van der Waals surface area contributed by atoms with E-state index in [9.17, 15) is 0 Å². The van der Waals surface area contributed by atoms with Crippen LogP contribution in [0.3, 0.4) is 0 Å². The zero-order valence-corrected chi connectivity index (χ0v) is 40.5. The van der Waals surface area contributed by atoms with Gasteiger partial charge in [0.15, 0.2) is 0 Å². The van der Waals surface area contributed by atoms with Gasteiger partial charge in [-0.25, -0.2) is 0 Å².